The summed E-state index contributed by atoms with van der Waals surface area (Å²) in [7, 11) is 0. The SMILES string of the molecule is CCCCCCCCCCCCCCCCCCF.[H-].[Li+]. The number of alkyl halides is 1. The first-order chi connectivity index (χ1) is 9.41. The maximum atomic E-state index is 11.9. The molecule has 0 amide bonds. The van der Waals surface area contributed by atoms with Crippen LogP contribution in [0.4, 0.5) is 4.39 Å². The van der Waals surface area contributed by atoms with E-state index in [1.807, 2.05) is 0 Å². The Morgan fingerprint density at radius 2 is 0.750 bits per heavy atom. The quantitative estimate of drug-likeness (QED) is 0.291. The van der Waals surface area contributed by atoms with Crippen molar-refractivity contribution in [3.63, 3.8) is 0 Å². The zero-order valence-electron chi connectivity index (χ0n) is 15.4. The van der Waals surface area contributed by atoms with Gasteiger partial charge in [-0.05, 0) is 6.42 Å². The van der Waals surface area contributed by atoms with Crippen LogP contribution in [0.15, 0.2) is 0 Å². The second-order valence-corrected chi connectivity index (χ2v) is 5.99. The van der Waals surface area contributed by atoms with Crippen LogP contribution in [-0.4, -0.2) is 6.67 Å². The third-order valence-electron chi connectivity index (χ3n) is 3.99. The average Bonchev–Trinajstić information content (AvgIpc) is 2.43. The van der Waals surface area contributed by atoms with Gasteiger partial charge in [0.1, 0.15) is 0 Å². The fraction of sp³-hybridized carbons (Fsp3) is 1.00. The topological polar surface area (TPSA) is 0 Å². The summed E-state index contributed by atoms with van der Waals surface area (Å²) in [6, 6.07) is 0. The molecule has 0 unspecified atom stereocenters. The van der Waals surface area contributed by atoms with E-state index in [0.29, 0.717) is 0 Å². The number of unbranched alkanes of at least 4 members (excludes halogenated alkanes) is 15. The molecule has 0 bridgehead atoms. The maximum Gasteiger partial charge on any atom is 1.00 e. The Labute approximate surface area is 141 Å². The van der Waals surface area contributed by atoms with Crippen LogP contribution in [0.2, 0.25) is 0 Å². The molecule has 0 fully saturated rings. The van der Waals surface area contributed by atoms with Gasteiger partial charge in [-0.15, -0.1) is 0 Å². The van der Waals surface area contributed by atoms with Gasteiger partial charge in [-0.1, -0.05) is 103 Å². The van der Waals surface area contributed by atoms with E-state index in [-0.39, 0.29) is 27.0 Å². The Hall–Kier alpha value is 0.527. The van der Waals surface area contributed by atoms with Gasteiger partial charge in [0, 0.05) is 0 Å². The molecule has 0 aliphatic rings. The van der Waals surface area contributed by atoms with Crippen molar-refractivity contribution in [2.24, 2.45) is 0 Å². The van der Waals surface area contributed by atoms with Crippen LogP contribution in [0.25, 0.3) is 0 Å². The van der Waals surface area contributed by atoms with Crippen molar-refractivity contribution >= 4 is 0 Å². The Morgan fingerprint density at radius 1 is 0.500 bits per heavy atom. The van der Waals surface area contributed by atoms with Crippen LogP contribution in [0.1, 0.15) is 111 Å². The number of hydrogen-bond donors (Lipinski definition) is 0. The molecule has 0 aromatic rings. The van der Waals surface area contributed by atoms with Crippen molar-refractivity contribution in [3.8, 4) is 0 Å². The van der Waals surface area contributed by atoms with Crippen LogP contribution in [-0.2, 0) is 0 Å². The minimum atomic E-state index is -0.127. The molecule has 118 valence electrons. The second-order valence-electron chi connectivity index (χ2n) is 5.99. The van der Waals surface area contributed by atoms with Gasteiger partial charge in [0.2, 0.25) is 0 Å². The van der Waals surface area contributed by atoms with Gasteiger partial charge in [0.15, 0.2) is 0 Å². The fourth-order valence-corrected chi connectivity index (χ4v) is 2.64. The molecule has 0 atom stereocenters. The van der Waals surface area contributed by atoms with Crippen LogP contribution in [0, 0.1) is 0 Å². The summed E-state index contributed by atoms with van der Waals surface area (Å²) in [5, 5.41) is 0. The molecular weight excluding hydrogens is 242 g/mol. The van der Waals surface area contributed by atoms with Crippen LogP contribution in [0.5, 0.6) is 0 Å². The molecule has 0 aliphatic heterocycles. The molecule has 0 nitrogen and oxygen atoms in total. The van der Waals surface area contributed by atoms with E-state index in [4.69, 9.17) is 0 Å². The summed E-state index contributed by atoms with van der Waals surface area (Å²) in [6.07, 6.45) is 21.5. The van der Waals surface area contributed by atoms with Gasteiger partial charge < -0.3 is 1.43 Å². The van der Waals surface area contributed by atoms with Crippen molar-refractivity contribution in [2.45, 2.75) is 110 Å². The summed E-state index contributed by atoms with van der Waals surface area (Å²) in [4.78, 5) is 0. The van der Waals surface area contributed by atoms with Gasteiger partial charge in [0.05, 0.1) is 6.67 Å². The standard InChI is InChI=1S/C18H37F.Li.H/c1-2-3-4-5-6-7-8-9-10-11-12-13-14-15-16-17-18-19;;/h2-18H2,1H3;;/q;+1;-1. The zero-order chi connectivity index (χ0) is 14.0. The molecular formula is C18H38FLi. The summed E-state index contributed by atoms with van der Waals surface area (Å²) >= 11 is 0. The third kappa shape index (κ3) is 20.8. The van der Waals surface area contributed by atoms with E-state index in [0.717, 1.165) is 12.8 Å². The number of hydrogen-bond acceptors (Lipinski definition) is 0. The minimum absolute atomic E-state index is 0. The first-order valence-electron chi connectivity index (χ1n) is 8.97. The summed E-state index contributed by atoms with van der Waals surface area (Å²) < 4.78 is 11.9. The molecule has 0 aromatic heterocycles. The Kier molecular flexibility index (Phi) is 24.9. The summed E-state index contributed by atoms with van der Waals surface area (Å²) in [5.41, 5.74) is 0. The second kappa shape index (κ2) is 21.8. The predicted octanol–water partition coefficient (Wildman–Crippen LogP) is 4.33. The minimum Gasteiger partial charge on any atom is -1.00 e. The monoisotopic (exact) mass is 280 g/mol. The fourth-order valence-electron chi connectivity index (χ4n) is 2.64. The Balaban J connectivity index is -0.00000162. The molecule has 0 spiro atoms. The number of halogens is 1. The molecule has 20 heavy (non-hydrogen) atoms. The van der Waals surface area contributed by atoms with Crippen molar-refractivity contribution in [2.75, 3.05) is 6.67 Å². The molecule has 0 aliphatic carbocycles. The normalized spacial score (nSPS) is 10.5. The van der Waals surface area contributed by atoms with E-state index in [9.17, 15) is 4.39 Å². The molecule has 0 rings (SSSR count). The van der Waals surface area contributed by atoms with Gasteiger partial charge in [-0.25, -0.2) is 0 Å². The molecule has 0 N–H and O–H groups in total. The van der Waals surface area contributed by atoms with Crippen LogP contribution >= 0.6 is 0 Å². The Bertz CT molecular complexity index is 140. The van der Waals surface area contributed by atoms with Crippen LogP contribution in [0.3, 0.4) is 0 Å². The smallest absolute Gasteiger partial charge is 1.00 e. The first kappa shape index (κ1) is 22.8. The molecule has 0 saturated heterocycles. The van der Waals surface area contributed by atoms with Gasteiger partial charge in [0.25, 0.3) is 0 Å². The third-order valence-corrected chi connectivity index (χ3v) is 3.99. The molecule has 0 saturated carbocycles. The van der Waals surface area contributed by atoms with E-state index >= 15 is 0 Å². The largest absolute Gasteiger partial charge is 1.00 e. The van der Waals surface area contributed by atoms with Crippen molar-refractivity contribution in [1.29, 1.82) is 0 Å². The van der Waals surface area contributed by atoms with E-state index in [1.165, 1.54) is 89.9 Å². The molecule has 0 radical (unpaired) electrons. The van der Waals surface area contributed by atoms with Gasteiger partial charge >= 0.3 is 18.9 Å². The molecule has 0 heterocycles. The Morgan fingerprint density at radius 3 is 1.00 bits per heavy atom. The first-order valence-corrected chi connectivity index (χ1v) is 8.97. The van der Waals surface area contributed by atoms with E-state index in [2.05, 4.69) is 6.92 Å². The average molecular weight is 280 g/mol. The van der Waals surface area contributed by atoms with Crippen molar-refractivity contribution in [3.05, 3.63) is 0 Å². The molecule has 0 aromatic carbocycles. The van der Waals surface area contributed by atoms with E-state index in [1.54, 1.807) is 0 Å². The predicted molar refractivity (Wildman–Crippen MR) is 86.6 cm³/mol. The van der Waals surface area contributed by atoms with E-state index < -0.39 is 0 Å². The van der Waals surface area contributed by atoms with Crippen LogP contribution < -0.4 is 18.9 Å². The summed E-state index contributed by atoms with van der Waals surface area (Å²) in [5.74, 6) is 0. The molecule has 2 heteroatoms. The number of rotatable bonds is 16. The van der Waals surface area contributed by atoms with Crippen molar-refractivity contribution < 1.29 is 24.7 Å². The maximum absolute atomic E-state index is 11.9. The summed E-state index contributed by atoms with van der Waals surface area (Å²) in [6.45, 7) is 2.15. The van der Waals surface area contributed by atoms with Crippen molar-refractivity contribution in [1.82, 2.24) is 0 Å². The van der Waals surface area contributed by atoms with Gasteiger partial charge in [-0.3, -0.25) is 4.39 Å². The van der Waals surface area contributed by atoms with Gasteiger partial charge in [-0.2, -0.15) is 0 Å². The zero-order valence-corrected chi connectivity index (χ0v) is 14.4.